The molecule has 0 unspecified atom stereocenters. The number of hydrogen-bond donors (Lipinski definition) is 1. The predicted molar refractivity (Wildman–Crippen MR) is 65.6 cm³/mol. The second-order valence-electron chi connectivity index (χ2n) is 3.53. The third kappa shape index (κ3) is 4.68. The Kier molecular flexibility index (Phi) is 5.72. The van der Waals surface area contributed by atoms with Gasteiger partial charge in [0.1, 0.15) is 0 Å². The Balaban J connectivity index is 2.15. The molecule has 1 aromatic carbocycles. The molecule has 0 aliphatic rings. The molecule has 0 saturated carbocycles. The van der Waals surface area contributed by atoms with Crippen molar-refractivity contribution in [3.05, 3.63) is 35.4 Å². The van der Waals surface area contributed by atoms with Gasteiger partial charge in [-0.1, -0.05) is 29.8 Å². The van der Waals surface area contributed by atoms with E-state index < -0.39 is 0 Å². The van der Waals surface area contributed by atoms with Crippen molar-refractivity contribution in [1.82, 2.24) is 0 Å². The monoisotopic (exact) mass is 209 g/mol. The van der Waals surface area contributed by atoms with E-state index in [1.54, 1.807) is 0 Å². The summed E-state index contributed by atoms with van der Waals surface area (Å²) in [6.07, 6.45) is 2.40. The first kappa shape index (κ1) is 11.6. The highest BCUT2D eigenvalue weighted by Crippen LogP contribution is 2.14. The molecule has 1 aromatic rings. The van der Waals surface area contributed by atoms with Gasteiger partial charge in [0.15, 0.2) is 0 Å². The largest absolute Gasteiger partial charge is 0.330 e. The van der Waals surface area contributed by atoms with Crippen LogP contribution in [0.1, 0.15) is 24.0 Å². The molecule has 0 aromatic heterocycles. The Morgan fingerprint density at radius 3 is 2.50 bits per heavy atom. The van der Waals surface area contributed by atoms with Crippen LogP contribution in [0.2, 0.25) is 0 Å². The van der Waals surface area contributed by atoms with Gasteiger partial charge >= 0.3 is 0 Å². The average molecular weight is 209 g/mol. The van der Waals surface area contributed by atoms with E-state index in [4.69, 9.17) is 5.73 Å². The number of thioether (sulfide) groups is 1. The first-order valence-electron chi connectivity index (χ1n) is 5.16. The molecule has 0 spiro atoms. The molecule has 2 N–H and O–H groups in total. The summed E-state index contributed by atoms with van der Waals surface area (Å²) in [5.41, 5.74) is 8.19. The van der Waals surface area contributed by atoms with E-state index in [9.17, 15) is 0 Å². The van der Waals surface area contributed by atoms with Gasteiger partial charge in [0.2, 0.25) is 0 Å². The van der Waals surface area contributed by atoms with Gasteiger partial charge in [-0.3, -0.25) is 0 Å². The van der Waals surface area contributed by atoms with Crippen molar-refractivity contribution in [2.75, 3.05) is 12.3 Å². The number of rotatable bonds is 6. The molecule has 1 nitrogen and oxygen atoms in total. The normalized spacial score (nSPS) is 10.4. The second-order valence-corrected chi connectivity index (χ2v) is 4.64. The molecule has 0 fully saturated rings. The van der Waals surface area contributed by atoms with Crippen LogP contribution >= 0.6 is 11.8 Å². The Labute approximate surface area is 91.1 Å². The van der Waals surface area contributed by atoms with Crippen LogP contribution < -0.4 is 5.73 Å². The lowest BCUT2D eigenvalue weighted by molar-refractivity contribution is 0.814. The molecule has 1 rings (SSSR count). The molecule has 0 saturated heterocycles. The summed E-state index contributed by atoms with van der Waals surface area (Å²) in [5.74, 6) is 2.36. The summed E-state index contributed by atoms with van der Waals surface area (Å²) in [6.45, 7) is 2.95. The molecule has 14 heavy (non-hydrogen) atoms. The topological polar surface area (TPSA) is 26.0 Å². The molecule has 0 aliphatic heterocycles. The molecule has 0 atom stereocenters. The van der Waals surface area contributed by atoms with Crippen molar-refractivity contribution in [2.24, 2.45) is 5.73 Å². The zero-order chi connectivity index (χ0) is 10.2. The fraction of sp³-hybridized carbons (Fsp3) is 0.500. The fourth-order valence-corrected chi connectivity index (χ4v) is 2.20. The van der Waals surface area contributed by atoms with Crippen LogP contribution in [-0.4, -0.2) is 12.3 Å². The first-order chi connectivity index (χ1) is 6.83. The molecule has 0 amide bonds. The van der Waals surface area contributed by atoms with Gasteiger partial charge in [-0.15, -0.1) is 0 Å². The van der Waals surface area contributed by atoms with E-state index in [0.29, 0.717) is 0 Å². The van der Waals surface area contributed by atoms with Gasteiger partial charge in [0, 0.05) is 5.75 Å². The van der Waals surface area contributed by atoms with Crippen LogP contribution in [0.4, 0.5) is 0 Å². The van der Waals surface area contributed by atoms with E-state index in [1.165, 1.54) is 23.3 Å². The number of unbranched alkanes of at least 4 members (excludes halogenated alkanes) is 1. The van der Waals surface area contributed by atoms with E-state index in [-0.39, 0.29) is 0 Å². The summed E-state index contributed by atoms with van der Waals surface area (Å²) in [5, 5.41) is 0. The molecule has 78 valence electrons. The van der Waals surface area contributed by atoms with Gasteiger partial charge in [0.05, 0.1) is 0 Å². The SMILES string of the molecule is Cc1ccc(CSCCCCN)cc1. The molecular formula is C12H19NS. The third-order valence-electron chi connectivity index (χ3n) is 2.13. The Hall–Kier alpha value is -0.470. The van der Waals surface area contributed by atoms with Crippen molar-refractivity contribution >= 4 is 11.8 Å². The zero-order valence-electron chi connectivity index (χ0n) is 8.83. The third-order valence-corrected chi connectivity index (χ3v) is 3.25. The van der Waals surface area contributed by atoms with Crippen LogP contribution in [0.5, 0.6) is 0 Å². The summed E-state index contributed by atoms with van der Waals surface area (Å²) < 4.78 is 0. The van der Waals surface area contributed by atoms with Crippen LogP contribution in [0.3, 0.4) is 0 Å². The summed E-state index contributed by atoms with van der Waals surface area (Å²) in [4.78, 5) is 0. The summed E-state index contributed by atoms with van der Waals surface area (Å²) in [6, 6.07) is 8.78. The lowest BCUT2D eigenvalue weighted by Crippen LogP contribution is -1.98. The van der Waals surface area contributed by atoms with Crippen molar-refractivity contribution in [3.8, 4) is 0 Å². The number of hydrogen-bond acceptors (Lipinski definition) is 2. The highest BCUT2D eigenvalue weighted by atomic mass is 32.2. The highest BCUT2D eigenvalue weighted by Gasteiger charge is 1.93. The summed E-state index contributed by atoms with van der Waals surface area (Å²) >= 11 is 2.00. The van der Waals surface area contributed by atoms with Gasteiger partial charge in [-0.05, 0) is 37.6 Å². The van der Waals surface area contributed by atoms with Gasteiger partial charge < -0.3 is 5.73 Å². The van der Waals surface area contributed by atoms with E-state index >= 15 is 0 Å². The smallest absolute Gasteiger partial charge is 0.0184 e. The number of nitrogens with two attached hydrogens (primary N) is 1. The molecular weight excluding hydrogens is 190 g/mol. The van der Waals surface area contributed by atoms with Crippen molar-refractivity contribution in [2.45, 2.75) is 25.5 Å². The minimum atomic E-state index is 0.824. The maximum Gasteiger partial charge on any atom is 0.0184 e. The molecule has 0 radical (unpaired) electrons. The molecule has 0 heterocycles. The van der Waals surface area contributed by atoms with Crippen LogP contribution in [0.15, 0.2) is 24.3 Å². The first-order valence-corrected chi connectivity index (χ1v) is 6.32. The van der Waals surface area contributed by atoms with Crippen LogP contribution in [0.25, 0.3) is 0 Å². The zero-order valence-corrected chi connectivity index (χ0v) is 9.65. The molecule has 0 aliphatic carbocycles. The fourth-order valence-electron chi connectivity index (χ4n) is 1.22. The highest BCUT2D eigenvalue weighted by molar-refractivity contribution is 7.98. The molecule has 2 heteroatoms. The van der Waals surface area contributed by atoms with E-state index in [1.807, 2.05) is 11.8 Å². The second kappa shape index (κ2) is 6.91. The van der Waals surface area contributed by atoms with Gasteiger partial charge in [-0.2, -0.15) is 11.8 Å². The Morgan fingerprint density at radius 2 is 1.86 bits per heavy atom. The van der Waals surface area contributed by atoms with Gasteiger partial charge in [-0.25, -0.2) is 0 Å². The maximum atomic E-state index is 5.43. The van der Waals surface area contributed by atoms with E-state index in [0.717, 1.165) is 18.7 Å². The quantitative estimate of drug-likeness (QED) is 0.729. The lowest BCUT2D eigenvalue weighted by atomic mass is 10.2. The minimum Gasteiger partial charge on any atom is -0.330 e. The van der Waals surface area contributed by atoms with Crippen LogP contribution in [0, 0.1) is 6.92 Å². The Bertz CT molecular complexity index is 243. The molecule has 0 bridgehead atoms. The lowest BCUT2D eigenvalue weighted by Gasteiger charge is -2.01. The predicted octanol–water partition coefficient (Wildman–Crippen LogP) is 2.97. The summed E-state index contributed by atoms with van der Waals surface area (Å²) in [7, 11) is 0. The minimum absolute atomic E-state index is 0.824. The number of benzene rings is 1. The number of aryl methyl sites for hydroxylation is 1. The van der Waals surface area contributed by atoms with Gasteiger partial charge in [0.25, 0.3) is 0 Å². The van der Waals surface area contributed by atoms with Crippen LogP contribution in [-0.2, 0) is 5.75 Å². The standard InChI is InChI=1S/C12H19NS/c1-11-4-6-12(7-5-11)10-14-9-3-2-8-13/h4-7H,2-3,8-10,13H2,1H3. The van der Waals surface area contributed by atoms with Crippen molar-refractivity contribution in [3.63, 3.8) is 0 Å². The average Bonchev–Trinajstić information content (AvgIpc) is 2.21. The maximum absolute atomic E-state index is 5.43. The Morgan fingerprint density at radius 1 is 1.14 bits per heavy atom. The van der Waals surface area contributed by atoms with Crippen molar-refractivity contribution in [1.29, 1.82) is 0 Å². The van der Waals surface area contributed by atoms with E-state index in [2.05, 4.69) is 31.2 Å². The van der Waals surface area contributed by atoms with Crippen molar-refractivity contribution < 1.29 is 0 Å².